The van der Waals surface area contributed by atoms with Crippen LogP contribution in [-0.2, 0) is 0 Å². The van der Waals surface area contributed by atoms with E-state index < -0.39 is 0 Å². The molecule has 25 heavy (non-hydrogen) atoms. The average Bonchev–Trinajstić information content (AvgIpc) is 2.56. The van der Waals surface area contributed by atoms with Gasteiger partial charge in [0.2, 0.25) is 0 Å². The number of carbonyl (C=O) groups excluding carboxylic acids is 1. The van der Waals surface area contributed by atoms with Gasteiger partial charge >= 0.3 is 6.03 Å². The quantitative estimate of drug-likeness (QED) is 0.707. The molecule has 0 aliphatic rings. The number of fused-ring (bicyclic) bond motifs is 1. The first-order valence-electron chi connectivity index (χ1n) is 8.35. The number of urea groups is 1. The minimum absolute atomic E-state index is 0.284. The summed E-state index contributed by atoms with van der Waals surface area (Å²) in [5, 5.41) is 5.68. The summed E-state index contributed by atoms with van der Waals surface area (Å²) in [7, 11) is 0. The summed E-state index contributed by atoms with van der Waals surface area (Å²) in [6.45, 7) is 8.14. The van der Waals surface area contributed by atoms with Crippen LogP contribution in [0.4, 0.5) is 16.2 Å². The van der Waals surface area contributed by atoms with Gasteiger partial charge in [-0.1, -0.05) is 26.0 Å². The highest BCUT2D eigenvalue weighted by Crippen LogP contribution is 2.19. The zero-order valence-corrected chi connectivity index (χ0v) is 14.9. The maximum absolute atomic E-state index is 12.2. The van der Waals surface area contributed by atoms with Crippen LogP contribution in [0.3, 0.4) is 0 Å². The van der Waals surface area contributed by atoms with Gasteiger partial charge in [-0.05, 0) is 55.7 Å². The van der Waals surface area contributed by atoms with Gasteiger partial charge in [-0.3, -0.25) is 0 Å². The van der Waals surface area contributed by atoms with Crippen LogP contribution in [0.1, 0.15) is 36.7 Å². The third kappa shape index (κ3) is 3.94. The van der Waals surface area contributed by atoms with Crippen LogP contribution in [-0.4, -0.2) is 16.0 Å². The fourth-order valence-electron chi connectivity index (χ4n) is 2.55. The molecule has 0 saturated heterocycles. The van der Waals surface area contributed by atoms with Gasteiger partial charge in [0.25, 0.3) is 0 Å². The molecule has 0 radical (unpaired) electrons. The molecule has 0 unspecified atom stereocenters. The maximum atomic E-state index is 12.2. The zero-order chi connectivity index (χ0) is 18.0. The van der Waals surface area contributed by atoms with Gasteiger partial charge in [0.05, 0.1) is 22.4 Å². The van der Waals surface area contributed by atoms with Gasteiger partial charge in [-0.2, -0.15) is 0 Å². The standard InChI is InChI=1S/C20H22N4O/c1-12(2)15-5-7-16(8-6-15)23-20(25)24-17-9-10-18-19(11-17)22-14(4)13(3)21-18/h5-12H,1-4H3,(H2,23,24,25). The van der Waals surface area contributed by atoms with Crippen molar-refractivity contribution < 1.29 is 4.79 Å². The summed E-state index contributed by atoms with van der Waals surface area (Å²) >= 11 is 0. The van der Waals surface area contributed by atoms with Crippen LogP contribution < -0.4 is 10.6 Å². The van der Waals surface area contributed by atoms with Crippen LogP contribution in [0, 0.1) is 13.8 Å². The lowest BCUT2D eigenvalue weighted by Gasteiger charge is -2.10. The fourth-order valence-corrected chi connectivity index (χ4v) is 2.55. The highest BCUT2D eigenvalue weighted by Gasteiger charge is 2.07. The molecule has 5 heteroatoms. The van der Waals surface area contributed by atoms with E-state index in [0.717, 1.165) is 28.1 Å². The number of carbonyl (C=O) groups is 1. The van der Waals surface area contributed by atoms with Crippen LogP contribution >= 0.6 is 0 Å². The summed E-state index contributed by atoms with van der Waals surface area (Å²) < 4.78 is 0. The van der Waals surface area contributed by atoms with Crippen molar-refractivity contribution in [2.75, 3.05) is 10.6 Å². The molecule has 1 heterocycles. The minimum atomic E-state index is -0.284. The molecule has 0 aliphatic carbocycles. The Morgan fingerprint density at radius 3 is 2.04 bits per heavy atom. The second-order valence-electron chi connectivity index (χ2n) is 6.45. The summed E-state index contributed by atoms with van der Waals surface area (Å²) in [6.07, 6.45) is 0. The first-order chi connectivity index (χ1) is 11.9. The topological polar surface area (TPSA) is 66.9 Å². The van der Waals surface area contributed by atoms with Gasteiger partial charge in [-0.25, -0.2) is 14.8 Å². The average molecular weight is 334 g/mol. The van der Waals surface area contributed by atoms with E-state index in [1.807, 2.05) is 56.3 Å². The van der Waals surface area contributed by atoms with E-state index in [2.05, 4.69) is 34.4 Å². The molecular weight excluding hydrogens is 312 g/mol. The maximum Gasteiger partial charge on any atom is 0.323 e. The molecule has 128 valence electrons. The van der Waals surface area contributed by atoms with Crippen molar-refractivity contribution in [3.8, 4) is 0 Å². The van der Waals surface area contributed by atoms with E-state index in [-0.39, 0.29) is 6.03 Å². The van der Waals surface area contributed by atoms with Crippen LogP contribution in [0.25, 0.3) is 11.0 Å². The van der Waals surface area contributed by atoms with Crippen LogP contribution in [0.2, 0.25) is 0 Å². The molecule has 3 aromatic rings. The fraction of sp³-hybridized carbons (Fsp3) is 0.250. The Morgan fingerprint density at radius 1 is 0.840 bits per heavy atom. The van der Waals surface area contributed by atoms with Gasteiger partial charge in [0.1, 0.15) is 0 Å². The first kappa shape index (κ1) is 16.9. The Morgan fingerprint density at radius 2 is 1.40 bits per heavy atom. The Balaban J connectivity index is 1.72. The SMILES string of the molecule is Cc1nc2ccc(NC(=O)Nc3ccc(C(C)C)cc3)cc2nc1C. The van der Waals surface area contributed by atoms with Crippen molar-refractivity contribution in [3.63, 3.8) is 0 Å². The van der Waals surface area contributed by atoms with Crippen molar-refractivity contribution >= 4 is 28.4 Å². The van der Waals surface area contributed by atoms with Crippen molar-refractivity contribution in [2.24, 2.45) is 0 Å². The molecule has 0 aliphatic heterocycles. The molecule has 2 N–H and O–H groups in total. The molecular formula is C20H22N4O. The zero-order valence-electron chi connectivity index (χ0n) is 14.9. The highest BCUT2D eigenvalue weighted by molar-refractivity contribution is 6.00. The normalized spacial score (nSPS) is 10.9. The number of nitrogens with zero attached hydrogens (tertiary/aromatic N) is 2. The molecule has 2 aromatic carbocycles. The molecule has 5 nitrogen and oxygen atoms in total. The van der Waals surface area contributed by atoms with E-state index in [1.165, 1.54) is 5.56 Å². The summed E-state index contributed by atoms with van der Waals surface area (Å²) in [5.74, 6) is 0.466. The molecule has 2 amide bonds. The number of benzene rings is 2. The van der Waals surface area contributed by atoms with Gasteiger partial charge < -0.3 is 10.6 Å². The lowest BCUT2D eigenvalue weighted by atomic mass is 10.0. The van der Waals surface area contributed by atoms with Crippen molar-refractivity contribution in [2.45, 2.75) is 33.6 Å². The van der Waals surface area contributed by atoms with Crippen molar-refractivity contribution in [1.82, 2.24) is 9.97 Å². The number of rotatable bonds is 3. The molecule has 3 rings (SSSR count). The minimum Gasteiger partial charge on any atom is -0.308 e. The van der Waals surface area contributed by atoms with E-state index in [1.54, 1.807) is 0 Å². The second kappa shape index (κ2) is 6.89. The van der Waals surface area contributed by atoms with E-state index in [4.69, 9.17) is 0 Å². The largest absolute Gasteiger partial charge is 0.323 e. The first-order valence-corrected chi connectivity index (χ1v) is 8.35. The number of amides is 2. The summed E-state index contributed by atoms with van der Waals surface area (Å²) in [5.41, 5.74) is 6.07. The summed E-state index contributed by atoms with van der Waals surface area (Å²) in [6, 6.07) is 13.1. The third-order valence-corrected chi connectivity index (χ3v) is 4.17. The summed E-state index contributed by atoms with van der Waals surface area (Å²) in [4.78, 5) is 21.2. The van der Waals surface area contributed by atoms with E-state index in [0.29, 0.717) is 11.6 Å². The number of hydrogen-bond donors (Lipinski definition) is 2. The molecule has 0 fully saturated rings. The highest BCUT2D eigenvalue weighted by atomic mass is 16.2. The Bertz CT molecular complexity index is 917. The van der Waals surface area contributed by atoms with E-state index >= 15 is 0 Å². The molecule has 0 atom stereocenters. The Hall–Kier alpha value is -2.95. The second-order valence-corrected chi connectivity index (χ2v) is 6.45. The van der Waals surface area contributed by atoms with Gasteiger partial charge in [-0.15, -0.1) is 0 Å². The number of nitrogens with one attached hydrogen (secondary N) is 2. The lowest BCUT2D eigenvalue weighted by Crippen LogP contribution is -2.19. The lowest BCUT2D eigenvalue weighted by molar-refractivity contribution is 0.262. The Labute approximate surface area is 147 Å². The molecule has 0 spiro atoms. The van der Waals surface area contributed by atoms with Crippen molar-refractivity contribution in [1.29, 1.82) is 0 Å². The predicted molar refractivity (Wildman–Crippen MR) is 102 cm³/mol. The smallest absolute Gasteiger partial charge is 0.308 e. The van der Waals surface area contributed by atoms with Crippen molar-refractivity contribution in [3.05, 3.63) is 59.4 Å². The third-order valence-electron chi connectivity index (χ3n) is 4.17. The molecule has 1 aromatic heterocycles. The van der Waals surface area contributed by atoms with E-state index in [9.17, 15) is 4.79 Å². The number of aryl methyl sites for hydroxylation is 2. The van der Waals surface area contributed by atoms with Crippen LogP contribution in [0.5, 0.6) is 0 Å². The Kier molecular flexibility index (Phi) is 4.65. The van der Waals surface area contributed by atoms with Gasteiger partial charge in [0.15, 0.2) is 0 Å². The number of aromatic nitrogens is 2. The number of anilines is 2. The molecule has 0 saturated carbocycles. The predicted octanol–water partition coefficient (Wildman–Crippen LogP) is 5.01. The number of hydrogen-bond acceptors (Lipinski definition) is 3. The monoisotopic (exact) mass is 334 g/mol. The van der Waals surface area contributed by atoms with Crippen LogP contribution in [0.15, 0.2) is 42.5 Å². The molecule has 0 bridgehead atoms. The van der Waals surface area contributed by atoms with Gasteiger partial charge in [0, 0.05) is 11.4 Å².